The second-order valence-electron chi connectivity index (χ2n) is 5.80. The highest BCUT2D eigenvalue weighted by molar-refractivity contribution is 5.40. The van der Waals surface area contributed by atoms with E-state index in [0.29, 0.717) is 24.6 Å². The van der Waals surface area contributed by atoms with Crippen molar-refractivity contribution in [3.63, 3.8) is 0 Å². The minimum atomic E-state index is -4.58. The molecule has 23 heavy (non-hydrogen) atoms. The number of hydrogen-bond donors (Lipinski definition) is 1. The molecule has 0 aromatic heterocycles. The smallest absolute Gasteiger partial charge is 0.415 e. The van der Waals surface area contributed by atoms with Crippen molar-refractivity contribution in [3.8, 4) is 11.5 Å². The summed E-state index contributed by atoms with van der Waals surface area (Å²) >= 11 is 0. The maximum Gasteiger partial charge on any atom is 0.415 e. The zero-order valence-corrected chi connectivity index (χ0v) is 13.3. The number of methoxy groups -OCH3 is 2. The minimum absolute atomic E-state index is 0.0909. The van der Waals surface area contributed by atoms with Crippen LogP contribution >= 0.6 is 0 Å². The molecule has 0 saturated carbocycles. The predicted molar refractivity (Wildman–Crippen MR) is 80.0 cm³/mol. The number of piperidine rings is 1. The molecular formula is C16H22F3NO3. The van der Waals surface area contributed by atoms with Crippen molar-refractivity contribution in [3.05, 3.63) is 23.8 Å². The van der Waals surface area contributed by atoms with Gasteiger partial charge in [0.1, 0.15) is 11.5 Å². The number of hydrogen-bond acceptors (Lipinski definition) is 4. The van der Waals surface area contributed by atoms with Gasteiger partial charge < -0.3 is 14.6 Å². The molecule has 0 spiro atoms. The molecule has 4 nitrogen and oxygen atoms in total. The van der Waals surface area contributed by atoms with Crippen molar-refractivity contribution < 1.29 is 27.8 Å². The molecule has 0 radical (unpaired) electrons. The number of nitrogens with zero attached hydrogens (tertiary/aromatic N) is 1. The van der Waals surface area contributed by atoms with E-state index in [2.05, 4.69) is 0 Å². The Morgan fingerprint density at radius 1 is 1.22 bits per heavy atom. The zero-order chi connectivity index (χ0) is 17.0. The molecule has 0 amide bonds. The third-order valence-corrected chi connectivity index (χ3v) is 4.16. The molecule has 2 rings (SSSR count). The van der Waals surface area contributed by atoms with Gasteiger partial charge in [0.25, 0.3) is 0 Å². The Kier molecular flexibility index (Phi) is 5.75. The van der Waals surface area contributed by atoms with Crippen molar-refractivity contribution in [1.29, 1.82) is 0 Å². The van der Waals surface area contributed by atoms with Crippen LogP contribution in [0.1, 0.15) is 24.3 Å². The molecule has 7 heteroatoms. The van der Waals surface area contributed by atoms with Crippen LogP contribution in [0.25, 0.3) is 0 Å². The van der Waals surface area contributed by atoms with Crippen molar-refractivity contribution in [1.82, 2.24) is 4.90 Å². The normalized spacial score (nSPS) is 21.0. The van der Waals surface area contributed by atoms with Gasteiger partial charge in [0, 0.05) is 19.2 Å². The maximum absolute atomic E-state index is 12.5. The van der Waals surface area contributed by atoms with E-state index in [4.69, 9.17) is 9.47 Å². The van der Waals surface area contributed by atoms with E-state index in [1.807, 2.05) is 12.1 Å². The summed E-state index contributed by atoms with van der Waals surface area (Å²) in [7, 11) is 3.12. The highest BCUT2D eigenvalue weighted by Crippen LogP contribution is 2.33. The summed E-state index contributed by atoms with van der Waals surface area (Å²) < 4.78 is 48.0. The molecule has 130 valence electrons. The first-order valence-corrected chi connectivity index (χ1v) is 7.53. The number of likely N-dealkylation sites (tertiary alicyclic amines) is 1. The predicted octanol–water partition coefficient (Wildman–Crippen LogP) is 2.81. The standard InChI is InChI=1S/C16H22F3NO3/c1-22-13-6-12(7-14(8-13)23-2)11-4-3-5-20(9-11)10-15(21)16(17,18)19/h6-8,11,15,21H,3-5,9-10H2,1-2H3. The van der Waals surface area contributed by atoms with Crippen molar-refractivity contribution >= 4 is 0 Å². The van der Waals surface area contributed by atoms with Crippen LogP contribution in [-0.2, 0) is 0 Å². The van der Waals surface area contributed by atoms with Gasteiger partial charge >= 0.3 is 6.18 Å². The van der Waals surface area contributed by atoms with E-state index < -0.39 is 12.3 Å². The van der Waals surface area contributed by atoms with E-state index in [1.54, 1.807) is 25.2 Å². The number of aliphatic hydroxyl groups excluding tert-OH is 1. The van der Waals surface area contributed by atoms with E-state index in [0.717, 1.165) is 18.4 Å². The lowest BCUT2D eigenvalue weighted by Gasteiger charge is -2.34. The number of benzene rings is 1. The second kappa shape index (κ2) is 7.40. The topological polar surface area (TPSA) is 41.9 Å². The molecular weight excluding hydrogens is 311 g/mol. The molecule has 1 aromatic rings. The van der Waals surface area contributed by atoms with Gasteiger partial charge in [-0.1, -0.05) is 0 Å². The van der Waals surface area contributed by atoms with Gasteiger partial charge in [-0.25, -0.2) is 0 Å². The van der Waals surface area contributed by atoms with Crippen LogP contribution in [0.4, 0.5) is 13.2 Å². The summed E-state index contributed by atoms with van der Waals surface area (Å²) in [6.45, 7) is 0.648. The maximum atomic E-state index is 12.5. The summed E-state index contributed by atoms with van der Waals surface area (Å²) in [5, 5.41) is 9.25. The second-order valence-corrected chi connectivity index (χ2v) is 5.80. The first-order valence-electron chi connectivity index (χ1n) is 7.53. The summed E-state index contributed by atoms with van der Waals surface area (Å²) in [5.41, 5.74) is 0.979. The van der Waals surface area contributed by atoms with Gasteiger partial charge in [0.15, 0.2) is 6.10 Å². The number of ether oxygens (including phenoxy) is 2. The zero-order valence-electron chi connectivity index (χ0n) is 13.3. The third kappa shape index (κ3) is 4.75. The van der Waals surface area contributed by atoms with Crippen LogP contribution in [0, 0.1) is 0 Å². The molecule has 1 aliphatic heterocycles. The van der Waals surface area contributed by atoms with Crippen LogP contribution < -0.4 is 9.47 Å². The van der Waals surface area contributed by atoms with Crippen LogP contribution in [0.15, 0.2) is 18.2 Å². The Bertz CT molecular complexity index is 500. The highest BCUT2D eigenvalue weighted by atomic mass is 19.4. The number of aliphatic hydroxyl groups is 1. The lowest BCUT2D eigenvalue weighted by atomic mass is 9.90. The van der Waals surface area contributed by atoms with Gasteiger partial charge in [-0.05, 0) is 43.0 Å². The van der Waals surface area contributed by atoms with E-state index >= 15 is 0 Å². The lowest BCUT2D eigenvalue weighted by molar-refractivity contribution is -0.208. The fourth-order valence-corrected chi connectivity index (χ4v) is 2.91. The molecule has 1 N–H and O–H groups in total. The Balaban J connectivity index is 2.09. The average molecular weight is 333 g/mol. The average Bonchev–Trinajstić information content (AvgIpc) is 2.53. The van der Waals surface area contributed by atoms with Crippen LogP contribution in [-0.4, -0.2) is 56.1 Å². The third-order valence-electron chi connectivity index (χ3n) is 4.16. The molecule has 0 bridgehead atoms. The van der Waals surface area contributed by atoms with E-state index in [1.165, 1.54) is 0 Å². The Hall–Kier alpha value is -1.47. The number of rotatable bonds is 5. The largest absolute Gasteiger partial charge is 0.497 e. The summed E-state index contributed by atoms with van der Waals surface area (Å²) in [5.74, 6) is 1.41. The molecule has 1 heterocycles. The molecule has 2 unspecified atom stereocenters. The van der Waals surface area contributed by atoms with Crippen molar-refractivity contribution in [2.45, 2.75) is 31.0 Å². The Labute approximate surface area is 133 Å². The fraction of sp³-hybridized carbons (Fsp3) is 0.625. The fourth-order valence-electron chi connectivity index (χ4n) is 2.91. The molecule has 0 aliphatic carbocycles. The van der Waals surface area contributed by atoms with E-state index in [-0.39, 0.29) is 12.5 Å². The first-order chi connectivity index (χ1) is 10.8. The molecule has 1 aromatic carbocycles. The van der Waals surface area contributed by atoms with Gasteiger partial charge in [-0.15, -0.1) is 0 Å². The lowest BCUT2D eigenvalue weighted by Crippen LogP contribution is -2.44. The minimum Gasteiger partial charge on any atom is -0.497 e. The molecule has 1 aliphatic rings. The van der Waals surface area contributed by atoms with Gasteiger partial charge in [-0.2, -0.15) is 13.2 Å². The van der Waals surface area contributed by atoms with E-state index in [9.17, 15) is 18.3 Å². The highest BCUT2D eigenvalue weighted by Gasteiger charge is 2.39. The summed E-state index contributed by atoms with van der Waals surface area (Å²) in [6.07, 6.45) is -5.21. The van der Waals surface area contributed by atoms with Gasteiger partial charge in [0.2, 0.25) is 0 Å². The van der Waals surface area contributed by atoms with Crippen molar-refractivity contribution in [2.24, 2.45) is 0 Å². The Morgan fingerprint density at radius 3 is 2.35 bits per heavy atom. The van der Waals surface area contributed by atoms with Gasteiger partial charge in [-0.3, -0.25) is 4.90 Å². The molecule has 1 saturated heterocycles. The Morgan fingerprint density at radius 2 is 1.83 bits per heavy atom. The van der Waals surface area contributed by atoms with Crippen molar-refractivity contribution in [2.75, 3.05) is 33.9 Å². The number of alkyl halides is 3. The van der Waals surface area contributed by atoms with Gasteiger partial charge in [0.05, 0.1) is 14.2 Å². The SMILES string of the molecule is COc1cc(OC)cc(C2CCCN(CC(O)C(F)(F)F)C2)c1. The van der Waals surface area contributed by atoms with Crippen LogP contribution in [0.2, 0.25) is 0 Å². The molecule has 2 atom stereocenters. The number of halogens is 3. The summed E-state index contributed by atoms with van der Waals surface area (Å²) in [4.78, 5) is 1.66. The monoisotopic (exact) mass is 333 g/mol. The molecule has 1 fully saturated rings. The first kappa shape index (κ1) is 17.9. The van der Waals surface area contributed by atoms with Crippen LogP contribution in [0.3, 0.4) is 0 Å². The number of β-amino-alcohol motifs (C(OH)–C–C–N with tert-alkyl or cyclic N) is 1. The quantitative estimate of drug-likeness (QED) is 0.900. The van der Waals surface area contributed by atoms with Crippen LogP contribution in [0.5, 0.6) is 11.5 Å². The summed E-state index contributed by atoms with van der Waals surface area (Å²) in [6, 6.07) is 5.53.